The van der Waals surface area contributed by atoms with E-state index in [0.29, 0.717) is 27.6 Å². The molecule has 3 rings (SSSR count). The van der Waals surface area contributed by atoms with Gasteiger partial charge in [-0.25, -0.2) is 4.39 Å². The van der Waals surface area contributed by atoms with Gasteiger partial charge in [-0.3, -0.25) is 4.79 Å². The fourth-order valence-corrected chi connectivity index (χ4v) is 3.55. The lowest BCUT2D eigenvalue weighted by molar-refractivity contribution is 0.0966. The van der Waals surface area contributed by atoms with Crippen LogP contribution in [0.4, 0.5) is 4.39 Å². The minimum atomic E-state index is -0.336. The van der Waals surface area contributed by atoms with Crippen LogP contribution in [0.1, 0.15) is 35.2 Å². The second-order valence-corrected chi connectivity index (χ2v) is 6.36. The number of hydrogen-bond acceptors (Lipinski definition) is 2. The largest absolute Gasteiger partial charge is 0.508 e. The van der Waals surface area contributed by atoms with Crippen molar-refractivity contribution in [1.82, 2.24) is 5.32 Å². The maximum absolute atomic E-state index is 13.1. The van der Waals surface area contributed by atoms with Crippen molar-refractivity contribution < 1.29 is 14.3 Å². The quantitative estimate of drug-likeness (QED) is 0.757. The third kappa shape index (κ3) is 2.88. The molecule has 1 aliphatic heterocycles. The van der Waals surface area contributed by atoms with Crippen LogP contribution in [0.3, 0.4) is 0 Å². The zero-order valence-corrected chi connectivity index (χ0v) is 14.0. The molecule has 1 aliphatic rings. The molecule has 5 heteroatoms. The first kappa shape index (κ1) is 15.7. The lowest BCUT2D eigenvalue weighted by atomic mass is 9.88. The molecule has 2 aromatic carbocycles. The summed E-state index contributed by atoms with van der Waals surface area (Å²) in [6.45, 7) is 1.96. The number of halogens is 2. The molecule has 0 saturated carbocycles. The molecule has 0 saturated heterocycles. The van der Waals surface area contributed by atoms with Gasteiger partial charge < -0.3 is 10.4 Å². The zero-order chi connectivity index (χ0) is 16.6. The van der Waals surface area contributed by atoms with Gasteiger partial charge in [-0.2, -0.15) is 0 Å². The molecule has 118 valence electrons. The van der Waals surface area contributed by atoms with Crippen LogP contribution in [0.15, 0.2) is 47.1 Å². The van der Waals surface area contributed by atoms with Crippen molar-refractivity contribution in [3.63, 3.8) is 0 Å². The minimum Gasteiger partial charge on any atom is -0.508 e. The molecular weight excluding hydrogens is 361 g/mol. The number of carbonyl (C=O) groups excluding carboxylic acids is 1. The lowest BCUT2D eigenvalue weighted by Gasteiger charge is -2.21. The molecule has 0 aliphatic carbocycles. The van der Waals surface area contributed by atoms with Crippen molar-refractivity contribution >= 4 is 21.8 Å². The number of benzene rings is 2. The highest BCUT2D eigenvalue weighted by molar-refractivity contribution is 9.10. The van der Waals surface area contributed by atoms with Gasteiger partial charge in [-0.05, 0) is 52.0 Å². The van der Waals surface area contributed by atoms with Crippen LogP contribution in [0.2, 0.25) is 0 Å². The van der Waals surface area contributed by atoms with E-state index in [1.165, 1.54) is 12.1 Å². The second kappa shape index (κ2) is 6.16. The Morgan fingerprint density at radius 1 is 1.30 bits per heavy atom. The molecule has 0 radical (unpaired) electrons. The fourth-order valence-electron chi connectivity index (χ4n) is 2.82. The van der Waals surface area contributed by atoms with Crippen LogP contribution in [0.25, 0.3) is 11.1 Å². The van der Waals surface area contributed by atoms with Crippen molar-refractivity contribution in [2.45, 2.75) is 19.3 Å². The predicted octanol–water partition coefficient (Wildman–Crippen LogP) is 4.71. The lowest BCUT2D eigenvalue weighted by Crippen LogP contribution is -2.22. The topological polar surface area (TPSA) is 49.3 Å². The van der Waals surface area contributed by atoms with E-state index in [-0.39, 0.29) is 23.4 Å². The molecule has 2 N–H and O–H groups in total. The van der Waals surface area contributed by atoms with Crippen LogP contribution < -0.4 is 5.32 Å². The molecule has 0 spiro atoms. The normalized spacial score (nSPS) is 17.2. The molecule has 1 atom stereocenters. The molecule has 1 unspecified atom stereocenters. The van der Waals surface area contributed by atoms with E-state index >= 15 is 0 Å². The van der Waals surface area contributed by atoms with E-state index in [1.807, 2.05) is 13.0 Å². The number of carbonyl (C=O) groups is 1. The van der Waals surface area contributed by atoms with Gasteiger partial charge in [0.2, 0.25) is 0 Å². The highest BCUT2D eigenvalue weighted by Crippen LogP contribution is 2.42. The third-order valence-corrected chi connectivity index (χ3v) is 4.80. The molecule has 2 aromatic rings. The Labute approximate surface area is 142 Å². The predicted molar refractivity (Wildman–Crippen MR) is 90.8 cm³/mol. The average molecular weight is 376 g/mol. The van der Waals surface area contributed by atoms with E-state index < -0.39 is 0 Å². The molecule has 3 nitrogen and oxygen atoms in total. The Bertz CT molecular complexity index is 800. The number of hydrogen-bond donors (Lipinski definition) is 2. The summed E-state index contributed by atoms with van der Waals surface area (Å²) in [4.78, 5) is 12.5. The Morgan fingerprint density at radius 2 is 2.00 bits per heavy atom. The number of fused-ring (bicyclic) bond motifs is 1. The maximum atomic E-state index is 13.1. The number of phenols is 1. The van der Waals surface area contributed by atoms with Crippen molar-refractivity contribution in [2.24, 2.45) is 0 Å². The first-order valence-electron chi connectivity index (χ1n) is 7.26. The summed E-state index contributed by atoms with van der Waals surface area (Å²) in [6, 6.07) is 7.55. The van der Waals surface area contributed by atoms with E-state index in [0.717, 1.165) is 5.56 Å². The summed E-state index contributed by atoms with van der Waals surface area (Å²) in [5.41, 5.74) is 2.40. The number of nitrogens with one attached hydrogen (secondary N) is 1. The van der Waals surface area contributed by atoms with Gasteiger partial charge in [-0.15, -0.1) is 0 Å². The summed E-state index contributed by atoms with van der Waals surface area (Å²) in [6.07, 6.45) is 4.20. The van der Waals surface area contributed by atoms with Gasteiger partial charge in [0.1, 0.15) is 11.6 Å². The number of allylic oxidation sites excluding steroid dienone is 1. The molecular formula is C18H15BrFNO2. The van der Waals surface area contributed by atoms with E-state index in [4.69, 9.17) is 0 Å². The highest BCUT2D eigenvalue weighted by atomic mass is 79.9. The summed E-state index contributed by atoms with van der Waals surface area (Å²) >= 11 is 3.49. The van der Waals surface area contributed by atoms with Crippen molar-refractivity contribution in [1.29, 1.82) is 0 Å². The van der Waals surface area contributed by atoms with Crippen LogP contribution in [-0.4, -0.2) is 11.0 Å². The van der Waals surface area contributed by atoms with Crippen molar-refractivity contribution in [3.05, 3.63) is 64.0 Å². The molecule has 0 fully saturated rings. The summed E-state index contributed by atoms with van der Waals surface area (Å²) in [5.74, 6) is -0.544. The summed E-state index contributed by atoms with van der Waals surface area (Å²) in [7, 11) is 0. The number of amides is 1. The molecule has 0 bridgehead atoms. The minimum absolute atomic E-state index is 0.00543. The summed E-state index contributed by atoms with van der Waals surface area (Å²) < 4.78 is 13.7. The standard InChI is InChI=1S/C18H15BrFNO2/c1-10-3-2-8-21-18(23)16-15(10)14(22)9-13(17(16)19)11-4-6-12(20)7-5-11/h2,4-10,22H,3H2,1H3,(H,21,23). The van der Waals surface area contributed by atoms with Crippen LogP contribution >= 0.6 is 15.9 Å². The van der Waals surface area contributed by atoms with Crippen LogP contribution in [0, 0.1) is 5.82 Å². The van der Waals surface area contributed by atoms with E-state index in [1.54, 1.807) is 24.4 Å². The second-order valence-electron chi connectivity index (χ2n) is 5.57. The maximum Gasteiger partial charge on any atom is 0.256 e. The van der Waals surface area contributed by atoms with Crippen LogP contribution in [-0.2, 0) is 0 Å². The summed E-state index contributed by atoms with van der Waals surface area (Å²) in [5, 5.41) is 13.2. The van der Waals surface area contributed by atoms with Gasteiger partial charge in [-0.1, -0.05) is 25.1 Å². The highest BCUT2D eigenvalue weighted by Gasteiger charge is 2.26. The Kier molecular flexibility index (Phi) is 4.22. The fraction of sp³-hybridized carbons (Fsp3) is 0.167. The molecule has 1 heterocycles. The van der Waals surface area contributed by atoms with E-state index in [9.17, 15) is 14.3 Å². The monoisotopic (exact) mass is 375 g/mol. The van der Waals surface area contributed by atoms with Gasteiger partial charge in [0.25, 0.3) is 5.91 Å². The zero-order valence-electron chi connectivity index (χ0n) is 12.4. The van der Waals surface area contributed by atoms with Gasteiger partial charge in [0.05, 0.1) is 5.56 Å². The first-order valence-corrected chi connectivity index (χ1v) is 8.05. The molecule has 1 amide bonds. The van der Waals surface area contributed by atoms with E-state index in [2.05, 4.69) is 21.2 Å². The molecule has 0 aromatic heterocycles. The van der Waals surface area contributed by atoms with Gasteiger partial charge in [0, 0.05) is 21.8 Å². The van der Waals surface area contributed by atoms with Gasteiger partial charge >= 0.3 is 0 Å². The molecule has 23 heavy (non-hydrogen) atoms. The van der Waals surface area contributed by atoms with Gasteiger partial charge in [0.15, 0.2) is 0 Å². The third-order valence-electron chi connectivity index (χ3n) is 3.98. The number of aromatic hydroxyl groups is 1. The van der Waals surface area contributed by atoms with Crippen molar-refractivity contribution in [3.8, 4) is 16.9 Å². The average Bonchev–Trinajstić information content (AvgIpc) is 2.52. The Hall–Kier alpha value is -2.14. The number of rotatable bonds is 1. The first-order chi connectivity index (χ1) is 11.0. The SMILES string of the molecule is CC1CC=CNC(=O)c2c(Br)c(-c3ccc(F)cc3)cc(O)c21. The Balaban J connectivity index is 2.25. The Morgan fingerprint density at radius 3 is 2.70 bits per heavy atom. The van der Waals surface area contributed by atoms with Crippen LogP contribution in [0.5, 0.6) is 5.75 Å². The smallest absolute Gasteiger partial charge is 0.256 e. The number of phenolic OH excluding ortho intramolecular Hbond substituents is 1. The van der Waals surface area contributed by atoms with Crippen molar-refractivity contribution in [2.75, 3.05) is 0 Å².